The van der Waals surface area contributed by atoms with E-state index < -0.39 is 0 Å². The molecule has 1 fully saturated rings. The van der Waals surface area contributed by atoms with Gasteiger partial charge in [0.1, 0.15) is 0 Å². The quantitative estimate of drug-likeness (QED) is 0.796. The van der Waals surface area contributed by atoms with Crippen molar-refractivity contribution in [3.63, 3.8) is 0 Å². The van der Waals surface area contributed by atoms with Gasteiger partial charge in [-0.1, -0.05) is 6.07 Å². The molecule has 0 bridgehead atoms. The molecule has 3 nitrogen and oxygen atoms in total. The second-order valence-corrected chi connectivity index (χ2v) is 5.08. The molecule has 0 aromatic carbocycles. The topological polar surface area (TPSA) is 19.4 Å². The fraction of sp³-hybridized carbons (Fsp3) is 0.643. The molecule has 0 unspecified atom stereocenters. The molecule has 1 aromatic rings. The predicted octanol–water partition coefficient (Wildman–Crippen LogP) is 2.00. The van der Waals surface area contributed by atoms with E-state index in [1.165, 1.54) is 31.7 Å². The Bertz CT molecular complexity index is 323. The summed E-state index contributed by atoms with van der Waals surface area (Å²) >= 11 is 0. The standard InChI is InChI=1S/C14H23N3/c1-13(2)17-9-5-8-16(10-11-17)12-14-6-3-4-7-15-14/h3-4,6-7,13H,5,8-12H2,1-2H3. The molecule has 0 amide bonds. The van der Waals surface area contributed by atoms with Gasteiger partial charge in [-0.05, 0) is 45.5 Å². The van der Waals surface area contributed by atoms with Crippen molar-refractivity contribution in [1.82, 2.24) is 14.8 Å². The highest BCUT2D eigenvalue weighted by Crippen LogP contribution is 2.09. The first kappa shape index (κ1) is 12.5. The maximum Gasteiger partial charge on any atom is 0.0543 e. The van der Waals surface area contributed by atoms with Crippen LogP contribution in [0.1, 0.15) is 26.0 Å². The Morgan fingerprint density at radius 3 is 2.76 bits per heavy atom. The van der Waals surface area contributed by atoms with Crippen LogP contribution in [0.3, 0.4) is 0 Å². The van der Waals surface area contributed by atoms with Gasteiger partial charge in [0, 0.05) is 31.9 Å². The van der Waals surface area contributed by atoms with Gasteiger partial charge in [0.05, 0.1) is 5.69 Å². The molecule has 0 radical (unpaired) electrons. The molecule has 2 heterocycles. The minimum atomic E-state index is 0.671. The maximum absolute atomic E-state index is 4.40. The fourth-order valence-corrected chi connectivity index (χ4v) is 2.39. The van der Waals surface area contributed by atoms with E-state index in [4.69, 9.17) is 0 Å². The molecule has 0 N–H and O–H groups in total. The average Bonchev–Trinajstić information content (AvgIpc) is 2.56. The summed E-state index contributed by atoms with van der Waals surface area (Å²) in [7, 11) is 0. The second-order valence-electron chi connectivity index (χ2n) is 5.08. The highest BCUT2D eigenvalue weighted by molar-refractivity contribution is 5.03. The SMILES string of the molecule is CC(C)N1CCCN(Cc2ccccn2)CC1. The summed E-state index contributed by atoms with van der Waals surface area (Å²) in [6.07, 6.45) is 3.15. The largest absolute Gasteiger partial charge is 0.300 e. The van der Waals surface area contributed by atoms with E-state index in [0.29, 0.717) is 6.04 Å². The van der Waals surface area contributed by atoms with E-state index >= 15 is 0 Å². The minimum absolute atomic E-state index is 0.671. The van der Waals surface area contributed by atoms with Crippen LogP contribution in [-0.2, 0) is 6.54 Å². The van der Waals surface area contributed by atoms with Crippen molar-refractivity contribution in [3.8, 4) is 0 Å². The Morgan fingerprint density at radius 2 is 2.06 bits per heavy atom. The third-order valence-corrected chi connectivity index (χ3v) is 3.47. The Balaban J connectivity index is 1.87. The van der Waals surface area contributed by atoms with Crippen molar-refractivity contribution >= 4 is 0 Å². The van der Waals surface area contributed by atoms with E-state index in [-0.39, 0.29) is 0 Å². The van der Waals surface area contributed by atoms with Gasteiger partial charge in [0.15, 0.2) is 0 Å². The fourth-order valence-electron chi connectivity index (χ4n) is 2.39. The van der Waals surface area contributed by atoms with E-state index in [9.17, 15) is 0 Å². The lowest BCUT2D eigenvalue weighted by Gasteiger charge is -2.24. The molecular formula is C14H23N3. The lowest BCUT2D eigenvalue weighted by molar-refractivity contribution is 0.217. The van der Waals surface area contributed by atoms with Crippen LogP contribution in [0.4, 0.5) is 0 Å². The van der Waals surface area contributed by atoms with Crippen molar-refractivity contribution in [2.24, 2.45) is 0 Å². The third-order valence-electron chi connectivity index (χ3n) is 3.47. The lowest BCUT2D eigenvalue weighted by atomic mass is 10.3. The molecule has 1 aliphatic rings. The number of pyridine rings is 1. The normalized spacial score (nSPS) is 19.5. The van der Waals surface area contributed by atoms with Crippen LogP contribution in [-0.4, -0.2) is 47.0 Å². The van der Waals surface area contributed by atoms with Crippen LogP contribution >= 0.6 is 0 Å². The maximum atomic E-state index is 4.40. The Labute approximate surface area is 104 Å². The Kier molecular flexibility index (Phi) is 4.51. The number of nitrogens with zero attached hydrogens (tertiary/aromatic N) is 3. The zero-order valence-corrected chi connectivity index (χ0v) is 11.0. The number of rotatable bonds is 3. The first-order chi connectivity index (χ1) is 8.25. The third kappa shape index (κ3) is 3.79. The molecule has 1 aromatic heterocycles. The monoisotopic (exact) mass is 233 g/mol. The smallest absolute Gasteiger partial charge is 0.0543 e. The molecule has 17 heavy (non-hydrogen) atoms. The highest BCUT2D eigenvalue weighted by Gasteiger charge is 2.16. The lowest BCUT2D eigenvalue weighted by Crippen LogP contribution is -2.35. The summed E-state index contributed by atoms with van der Waals surface area (Å²) in [5.74, 6) is 0. The van der Waals surface area contributed by atoms with Gasteiger partial charge in [-0.2, -0.15) is 0 Å². The van der Waals surface area contributed by atoms with Gasteiger partial charge < -0.3 is 0 Å². The van der Waals surface area contributed by atoms with Crippen LogP contribution in [0.2, 0.25) is 0 Å². The summed E-state index contributed by atoms with van der Waals surface area (Å²) < 4.78 is 0. The van der Waals surface area contributed by atoms with Crippen LogP contribution in [0, 0.1) is 0 Å². The average molecular weight is 233 g/mol. The number of hydrogen-bond acceptors (Lipinski definition) is 3. The zero-order chi connectivity index (χ0) is 12.1. The molecule has 0 aliphatic carbocycles. The Hall–Kier alpha value is -0.930. The summed E-state index contributed by atoms with van der Waals surface area (Å²) in [5, 5.41) is 0. The van der Waals surface area contributed by atoms with Crippen LogP contribution in [0.15, 0.2) is 24.4 Å². The molecule has 0 atom stereocenters. The summed E-state index contributed by atoms with van der Waals surface area (Å²) in [6, 6.07) is 6.84. The van der Waals surface area contributed by atoms with Crippen molar-refractivity contribution in [1.29, 1.82) is 0 Å². The van der Waals surface area contributed by atoms with E-state index in [0.717, 1.165) is 13.1 Å². The van der Waals surface area contributed by atoms with E-state index in [1.807, 2.05) is 12.3 Å². The molecule has 1 aliphatic heterocycles. The van der Waals surface area contributed by atoms with Crippen molar-refractivity contribution in [3.05, 3.63) is 30.1 Å². The second kappa shape index (κ2) is 6.12. The van der Waals surface area contributed by atoms with Crippen molar-refractivity contribution < 1.29 is 0 Å². The van der Waals surface area contributed by atoms with Gasteiger partial charge in [-0.25, -0.2) is 0 Å². The minimum Gasteiger partial charge on any atom is -0.300 e. The predicted molar refractivity (Wildman–Crippen MR) is 70.8 cm³/mol. The van der Waals surface area contributed by atoms with Crippen molar-refractivity contribution in [2.45, 2.75) is 32.9 Å². The summed E-state index contributed by atoms with van der Waals surface area (Å²) in [6.45, 7) is 10.3. The molecule has 0 saturated carbocycles. The molecular weight excluding hydrogens is 210 g/mol. The first-order valence-electron chi connectivity index (χ1n) is 6.62. The number of hydrogen-bond donors (Lipinski definition) is 0. The van der Waals surface area contributed by atoms with Gasteiger partial charge in [0.2, 0.25) is 0 Å². The molecule has 3 heteroatoms. The molecule has 94 valence electrons. The number of aromatic nitrogens is 1. The molecule has 1 saturated heterocycles. The zero-order valence-electron chi connectivity index (χ0n) is 11.0. The Morgan fingerprint density at radius 1 is 1.18 bits per heavy atom. The van der Waals surface area contributed by atoms with Gasteiger partial charge in [-0.3, -0.25) is 14.8 Å². The van der Waals surface area contributed by atoms with E-state index in [2.05, 4.69) is 40.8 Å². The van der Waals surface area contributed by atoms with Gasteiger partial charge >= 0.3 is 0 Å². The first-order valence-corrected chi connectivity index (χ1v) is 6.62. The van der Waals surface area contributed by atoms with Crippen molar-refractivity contribution in [2.75, 3.05) is 26.2 Å². The van der Waals surface area contributed by atoms with E-state index in [1.54, 1.807) is 0 Å². The van der Waals surface area contributed by atoms with Crippen LogP contribution in [0.5, 0.6) is 0 Å². The summed E-state index contributed by atoms with van der Waals surface area (Å²) in [4.78, 5) is 9.49. The van der Waals surface area contributed by atoms with Crippen LogP contribution in [0.25, 0.3) is 0 Å². The summed E-state index contributed by atoms with van der Waals surface area (Å²) in [5.41, 5.74) is 1.19. The van der Waals surface area contributed by atoms with Gasteiger partial charge in [-0.15, -0.1) is 0 Å². The van der Waals surface area contributed by atoms with Gasteiger partial charge in [0.25, 0.3) is 0 Å². The molecule has 2 rings (SSSR count). The molecule has 0 spiro atoms. The highest BCUT2D eigenvalue weighted by atomic mass is 15.2. The van der Waals surface area contributed by atoms with Crippen LogP contribution < -0.4 is 0 Å².